The van der Waals surface area contributed by atoms with Gasteiger partial charge in [0, 0.05) is 0 Å². The quantitative estimate of drug-likeness (QED) is 0.625. The lowest BCUT2D eigenvalue weighted by Gasteiger charge is -2.19. The van der Waals surface area contributed by atoms with E-state index in [0.29, 0.717) is 12.7 Å². The average Bonchev–Trinajstić information content (AvgIpc) is 3.24. The molecule has 0 spiro atoms. The predicted molar refractivity (Wildman–Crippen MR) is 102 cm³/mol. The van der Waals surface area contributed by atoms with Crippen molar-refractivity contribution in [3.8, 4) is 11.5 Å². The molecule has 1 aromatic carbocycles. The number of hydrogen-bond acceptors (Lipinski definition) is 4. The number of rotatable bonds is 9. The van der Waals surface area contributed by atoms with Crippen LogP contribution in [0, 0.1) is 5.92 Å². The molecule has 4 nitrogen and oxygen atoms in total. The van der Waals surface area contributed by atoms with Crippen molar-refractivity contribution in [2.45, 2.75) is 45.6 Å². The Morgan fingerprint density at radius 2 is 1.88 bits per heavy atom. The minimum Gasteiger partial charge on any atom is -0.468 e. The van der Waals surface area contributed by atoms with Crippen LogP contribution in [0.1, 0.15) is 50.4 Å². The van der Waals surface area contributed by atoms with Crippen molar-refractivity contribution >= 4 is 12.4 Å². The van der Waals surface area contributed by atoms with E-state index in [9.17, 15) is 0 Å². The molecule has 1 N–H and O–H groups in total. The number of nitrogens with one attached hydrogen (secondary N) is 1. The number of furan rings is 1. The van der Waals surface area contributed by atoms with Crippen molar-refractivity contribution in [1.29, 1.82) is 0 Å². The largest absolute Gasteiger partial charge is 0.468 e. The van der Waals surface area contributed by atoms with Crippen LogP contribution < -0.4 is 14.8 Å². The molecule has 25 heavy (non-hydrogen) atoms. The van der Waals surface area contributed by atoms with E-state index >= 15 is 0 Å². The Kier molecular flexibility index (Phi) is 7.66. The number of halogens is 1. The third-order valence-corrected chi connectivity index (χ3v) is 4.51. The number of fused-ring (bicyclic) bond motifs is 1. The van der Waals surface area contributed by atoms with E-state index in [0.717, 1.165) is 42.7 Å². The Labute approximate surface area is 156 Å². The van der Waals surface area contributed by atoms with Crippen LogP contribution in [0.2, 0.25) is 0 Å². The Morgan fingerprint density at radius 3 is 2.64 bits per heavy atom. The highest BCUT2D eigenvalue weighted by atomic mass is 35.5. The monoisotopic (exact) mass is 365 g/mol. The Bertz CT molecular complexity index is 628. The van der Waals surface area contributed by atoms with Crippen LogP contribution in [0.25, 0.3) is 0 Å². The van der Waals surface area contributed by atoms with Gasteiger partial charge in [-0.15, -0.1) is 12.4 Å². The lowest BCUT2D eigenvalue weighted by Crippen LogP contribution is -2.17. The maximum Gasteiger partial charge on any atom is 0.231 e. The van der Waals surface area contributed by atoms with Gasteiger partial charge in [-0.1, -0.05) is 26.3 Å². The molecule has 2 heterocycles. The first-order valence-corrected chi connectivity index (χ1v) is 8.85. The van der Waals surface area contributed by atoms with E-state index in [1.54, 1.807) is 6.26 Å². The van der Waals surface area contributed by atoms with Gasteiger partial charge in [0.1, 0.15) is 5.76 Å². The maximum atomic E-state index is 5.54. The predicted octanol–water partition coefficient (Wildman–Crippen LogP) is 5.13. The third-order valence-electron chi connectivity index (χ3n) is 4.51. The summed E-state index contributed by atoms with van der Waals surface area (Å²) in [6.07, 6.45) is 5.25. The second kappa shape index (κ2) is 9.73. The lowest BCUT2D eigenvalue weighted by atomic mass is 9.88. The van der Waals surface area contributed by atoms with Gasteiger partial charge in [-0.05, 0) is 61.1 Å². The van der Waals surface area contributed by atoms with Crippen LogP contribution >= 0.6 is 12.4 Å². The number of benzene rings is 1. The minimum atomic E-state index is 0. The Hall–Kier alpha value is -1.65. The molecule has 3 rings (SSSR count). The highest BCUT2D eigenvalue weighted by Crippen LogP contribution is 2.36. The highest BCUT2D eigenvalue weighted by Gasteiger charge is 2.18. The summed E-state index contributed by atoms with van der Waals surface area (Å²) >= 11 is 0. The van der Waals surface area contributed by atoms with E-state index in [1.807, 2.05) is 18.2 Å². The van der Waals surface area contributed by atoms with Crippen LogP contribution in [0.5, 0.6) is 11.5 Å². The SMILES string of the molecule is CC(C)CCC(CCNCc1ccco1)c1ccc2c(c1)OCO2.Cl. The van der Waals surface area contributed by atoms with Gasteiger partial charge in [0.2, 0.25) is 6.79 Å². The van der Waals surface area contributed by atoms with Gasteiger partial charge in [0.25, 0.3) is 0 Å². The van der Waals surface area contributed by atoms with E-state index in [4.69, 9.17) is 13.9 Å². The lowest BCUT2D eigenvalue weighted by molar-refractivity contribution is 0.174. The molecule has 138 valence electrons. The molecule has 1 unspecified atom stereocenters. The third kappa shape index (κ3) is 5.68. The first kappa shape index (κ1) is 19.7. The highest BCUT2D eigenvalue weighted by molar-refractivity contribution is 5.85. The van der Waals surface area contributed by atoms with Crippen LogP contribution in [0.4, 0.5) is 0 Å². The molecule has 0 fully saturated rings. The van der Waals surface area contributed by atoms with Crippen molar-refractivity contribution < 1.29 is 13.9 Å². The molecule has 5 heteroatoms. The molecule has 1 aliphatic heterocycles. The summed E-state index contributed by atoms with van der Waals surface area (Å²) in [4.78, 5) is 0. The van der Waals surface area contributed by atoms with Crippen molar-refractivity contribution in [2.24, 2.45) is 5.92 Å². The van der Waals surface area contributed by atoms with E-state index in [1.165, 1.54) is 18.4 Å². The molecule has 0 radical (unpaired) electrons. The van der Waals surface area contributed by atoms with Crippen molar-refractivity contribution in [3.05, 3.63) is 47.9 Å². The fourth-order valence-corrected chi connectivity index (χ4v) is 3.08. The van der Waals surface area contributed by atoms with E-state index < -0.39 is 0 Å². The summed E-state index contributed by atoms with van der Waals surface area (Å²) in [7, 11) is 0. The summed E-state index contributed by atoms with van der Waals surface area (Å²) in [5, 5.41) is 3.48. The minimum absolute atomic E-state index is 0. The normalized spacial score (nSPS) is 13.7. The molecule has 1 atom stereocenters. The van der Waals surface area contributed by atoms with Crippen LogP contribution in [-0.4, -0.2) is 13.3 Å². The molecule has 1 aliphatic rings. The smallest absolute Gasteiger partial charge is 0.231 e. The summed E-state index contributed by atoms with van der Waals surface area (Å²) in [5.74, 6) is 3.98. The number of ether oxygens (including phenoxy) is 2. The first-order chi connectivity index (χ1) is 11.7. The van der Waals surface area contributed by atoms with E-state index in [2.05, 4.69) is 31.3 Å². The zero-order valence-corrected chi connectivity index (χ0v) is 15.8. The average molecular weight is 366 g/mol. The fourth-order valence-electron chi connectivity index (χ4n) is 3.08. The number of hydrogen-bond donors (Lipinski definition) is 1. The molecular weight excluding hydrogens is 338 g/mol. The molecule has 0 saturated carbocycles. The van der Waals surface area contributed by atoms with Gasteiger partial charge in [0.05, 0.1) is 12.8 Å². The second-order valence-corrected chi connectivity index (χ2v) is 6.83. The first-order valence-electron chi connectivity index (χ1n) is 8.85. The van der Waals surface area contributed by atoms with Crippen LogP contribution in [-0.2, 0) is 6.54 Å². The Balaban J connectivity index is 0.00000225. The van der Waals surface area contributed by atoms with Gasteiger partial charge < -0.3 is 19.2 Å². The zero-order chi connectivity index (χ0) is 16.8. The summed E-state index contributed by atoms with van der Waals surface area (Å²) in [6, 6.07) is 10.3. The van der Waals surface area contributed by atoms with Crippen molar-refractivity contribution in [3.63, 3.8) is 0 Å². The molecule has 0 saturated heterocycles. The maximum absolute atomic E-state index is 5.54. The second-order valence-electron chi connectivity index (χ2n) is 6.83. The topological polar surface area (TPSA) is 43.6 Å². The van der Waals surface area contributed by atoms with Gasteiger partial charge in [-0.3, -0.25) is 0 Å². The van der Waals surface area contributed by atoms with Crippen LogP contribution in [0.3, 0.4) is 0 Å². The van der Waals surface area contributed by atoms with Gasteiger partial charge in [-0.25, -0.2) is 0 Å². The van der Waals surface area contributed by atoms with Crippen LogP contribution in [0.15, 0.2) is 41.0 Å². The van der Waals surface area contributed by atoms with E-state index in [-0.39, 0.29) is 12.4 Å². The van der Waals surface area contributed by atoms with Gasteiger partial charge >= 0.3 is 0 Å². The molecule has 0 aliphatic carbocycles. The van der Waals surface area contributed by atoms with Gasteiger partial charge in [-0.2, -0.15) is 0 Å². The Morgan fingerprint density at radius 1 is 1.04 bits per heavy atom. The molecule has 0 bridgehead atoms. The standard InChI is InChI=1S/C20H27NO3.ClH/c1-15(2)5-6-16(9-10-21-13-18-4-3-11-22-18)17-7-8-19-20(12-17)24-14-23-19;/h3-4,7-8,11-12,15-16,21H,5-6,9-10,13-14H2,1-2H3;1H. The van der Waals surface area contributed by atoms with Crippen molar-refractivity contribution in [2.75, 3.05) is 13.3 Å². The summed E-state index contributed by atoms with van der Waals surface area (Å²) in [6.45, 7) is 6.65. The molecule has 2 aromatic rings. The van der Waals surface area contributed by atoms with Gasteiger partial charge in [0.15, 0.2) is 11.5 Å². The molecule has 1 aromatic heterocycles. The molecule has 0 amide bonds. The fraction of sp³-hybridized carbons (Fsp3) is 0.500. The zero-order valence-electron chi connectivity index (χ0n) is 15.0. The van der Waals surface area contributed by atoms with Crippen molar-refractivity contribution in [1.82, 2.24) is 5.32 Å². The summed E-state index contributed by atoms with van der Waals surface area (Å²) in [5.41, 5.74) is 1.35. The summed E-state index contributed by atoms with van der Waals surface area (Å²) < 4.78 is 16.3. The molecular formula is C20H28ClNO3.